The number of benzene rings is 1. The number of nitrogens with zero attached hydrogens (tertiary/aromatic N) is 1. The van der Waals surface area contributed by atoms with Crippen LogP contribution in [0.25, 0.3) is 0 Å². The van der Waals surface area contributed by atoms with E-state index >= 15 is 0 Å². The van der Waals surface area contributed by atoms with Crippen molar-refractivity contribution < 1.29 is 36.2 Å². The molecule has 0 fully saturated rings. The summed E-state index contributed by atoms with van der Waals surface area (Å²) in [5.41, 5.74) is -0.262. The van der Waals surface area contributed by atoms with Crippen LogP contribution in [0.4, 0.5) is 5.69 Å². The molecule has 4 nitrogen and oxygen atoms in total. The Morgan fingerprint density at radius 3 is 2.27 bits per heavy atom. The first-order chi connectivity index (χ1) is 4.72. The molecule has 0 heterocycles. The Bertz CT molecular complexity index is 264. The largest absolute Gasteiger partial charge is 0.502 e. The molecule has 0 aliphatic heterocycles. The molecule has 0 aromatic heterocycles. The predicted octanol–water partition coefficient (Wildman–Crippen LogP) is 1.30. The van der Waals surface area contributed by atoms with E-state index in [0.717, 1.165) is 0 Å². The van der Waals surface area contributed by atoms with Crippen LogP contribution in [0.5, 0.6) is 5.75 Å². The fraction of sp³-hybridized carbons (Fsp3) is 0. The van der Waals surface area contributed by atoms with Crippen LogP contribution >= 0.6 is 0 Å². The monoisotopic (exact) mass is 229 g/mol. The van der Waals surface area contributed by atoms with Gasteiger partial charge in [-0.2, -0.15) is 0 Å². The number of hydrogen-bond acceptors (Lipinski definition) is 3. The molecule has 0 saturated carbocycles. The minimum Gasteiger partial charge on any atom is -0.502 e. The van der Waals surface area contributed by atoms with E-state index < -0.39 is 4.92 Å². The van der Waals surface area contributed by atoms with Crippen molar-refractivity contribution in [1.29, 1.82) is 0 Å². The molecule has 0 atom stereocenters. The first kappa shape index (κ1) is 10.3. The van der Waals surface area contributed by atoms with Gasteiger partial charge in [0.2, 0.25) is 0 Å². The maximum Gasteiger partial charge on any atom is 0.310 e. The second-order valence-electron chi connectivity index (χ2n) is 1.75. The molecule has 0 spiro atoms. The van der Waals surface area contributed by atoms with Crippen molar-refractivity contribution >= 4 is 5.69 Å². The number of phenols is 1. The first-order valence-corrected chi connectivity index (χ1v) is 2.64. The van der Waals surface area contributed by atoms with Gasteiger partial charge in [0.1, 0.15) is 0 Å². The summed E-state index contributed by atoms with van der Waals surface area (Å²) in [6.07, 6.45) is 0. The number of nitro benzene ring substituents is 1. The summed E-state index contributed by atoms with van der Waals surface area (Å²) in [5.74, 6) is -0.299. The Labute approximate surface area is 82.1 Å². The molecule has 56 valence electrons. The Morgan fingerprint density at radius 1 is 1.36 bits per heavy atom. The van der Waals surface area contributed by atoms with Gasteiger partial charge >= 0.3 is 5.69 Å². The molecule has 0 radical (unpaired) electrons. The fourth-order valence-corrected chi connectivity index (χ4v) is 0.619. The van der Waals surface area contributed by atoms with E-state index in [1.165, 1.54) is 24.3 Å². The van der Waals surface area contributed by atoms with Crippen molar-refractivity contribution in [2.24, 2.45) is 0 Å². The maximum atomic E-state index is 10.1. The van der Waals surface area contributed by atoms with Crippen molar-refractivity contribution in [2.75, 3.05) is 0 Å². The smallest absolute Gasteiger partial charge is 0.310 e. The number of aromatic hydroxyl groups is 1. The van der Waals surface area contributed by atoms with Gasteiger partial charge in [0.05, 0.1) is 4.92 Å². The van der Waals surface area contributed by atoms with E-state index in [-0.39, 0.29) is 37.6 Å². The van der Waals surface area contributed by atoms with Crippen LogP contribution in [0, 0.1) is 10.1 Å². The van der Waals surface area contributed by atoms with Crippen LogP contribution in [0.1, 0.15) is 0 Å². The minimum absolute atomic E-state index is 0. The molecule has 0 bridgehead atoms. The van der Waals surface area contributed by atoms with E-state index in [1.807, 2.05) is 0 Å². The molecular weight excluding hydrogens is 225 g/mol. The third-order valence-electron chi connectivity index (χ3n) is 1.08. The molecule has 11 heavy (non-hydrogen) atoms. The van der Waals surface area contributed by atoms with Crippen LogP contribution in [0.2, 0.25) is 0 Å². The summed E-state index contributed by atoms with van der Waals surface area (Å²) < 4.78 is 0. The number of para-hydroxylation sites is 2. The van der Waals surface area contributed by atoms with E-state index in [2.05, 4.69) is 0 Å². The van der Waals surface area contributed by atoms with Gasteiger partial charge in [-0.1, -0.05) is 12.1 Å². The SMILES string of the molecule is O=[N+]([O-])c1ccccc1O.[Zr]. The van der Waals surface area contributed by atoms with Crippen LogP contribution in [0.3, 0.4) is 0 Å². The quantitative estimate of drug-likeness (QED) is 0.584. The van der Waals surface area contributed by atoms with Crippen molar-refractivity contribution in [1.82, 2.24) is 0 Å². The summed E-state index contributed by atoms with van der Waals surface area (Å²) in [6, 6.07) is 5.55. The molecule has 0 aliphatic rings. The zero-order valence-electron chi connectivity index (χ0n) is 5.52. The molecule has 1 aromatic carbocycles. The summed E-state index contributed by atoms with van der Waals surface area (Å²) in [6.45, 7) is 0. The normalized spacial score (nSPS) is 8.36. The molecule has 0 saturated heterocycles. The standard InChI is InChI=1S/C6H5NO3.Zr/c8-6-4-2-1-3-5(6)7(9)10;/h1-4,8H;. The number of rotatable bonds is 1. The van der Waals surface area contributed by atoms with E-state index in [0.29, 0.717) is 0 Å². The number of hydrogen-bond donors (Lipinski definition) is 1. The zero-order chi connectivity index (χ0) is 7.56. The van der Waals surface area contributed by atoms with Gasteiger partial charge < -0.3 is 5.11 Å². The summed E-state index contributed by atoms with van der Waals surface area (Å²) >= 11 is 0. The van der Waals surface area contributed by atoms with Crippen molar-refractivity contribution in [3.63, 3.8) is 0 Å². The number of nitro groups is 1. The molecule has 0 aliphatic carbocycles. The molecule has 0 amide bonds. The van der Waals surface area contributed by atoms with E-state index in [4.69, 9.17) is 5.11 Å². The van der Waals surface area contributed by atoms with Crippen molar-refractivity contribution in [2.45, 2.75) is 0 Å². The third-order valence-corrected chi connectivity index (χ3v) is 1.08. The summed E-state index contributed by atoms with van der Waals surface area (Å²) in [4.78, 5) is 9.44. The van der Waals surface area contributed by atoms with E-state index in [9.17, 15) is 10.1 Å². The number of phenolic OH excluding ortho intramolecular Hbond substituents is 1. The topological polar surface area (TPSA) is 63.4 Å². The van der Waals surface area contributed by atoms with Gasteiger partial charge in [0.15, 0.2) is 5.75 Å². The molecule has 1 rings (SSSR count). The molecule has 1 aromatic rings. The molecule has 1 N–H and O–H groups in total. The molecule has 0 unspecified atom stereocenters. The predicted molar refractivity (Wildman–Crippen MR) is 34.8 cm³/mol. The van der Waals surface area contributed by atoms with Crippen molar-refractivity contribution in [3.05, 3.63) is 34.4 Å². The van der Waals surface area contributed by atoms with Gasteiger partial charge in [0.25, 0.3) is 0 Å². The summed E-state index contributed by atoms with van der Waals surface area (Å²) in [7, 11) is 0. The zero-order valence-corrected chi connectivity index (χ0v) is 7.98. The average Bonchev–Trinajstić information content (AvgIpc) is 1.88. The molecule has 5 heteroatoms. The van der Waals surface area contributed by atoms with E-state index in [1.54, 1.807) is 0 Å². The van der Waals surface area contributed by atoms with Gasteiger partial charge in [-0.25, -0.2) is 0 Å². The summed E-state index contributed by atoms with van der Waals surface area (Å²) in [5, 5.41) is 18.9. The first-order valence-electron chi connectivity index (χ1n) is 2.64. The second-order valence-corrected chi connectivity index (χ2v) is 1.75. The Kier molecular flexibility index (Phi) is 3.97. The fourth-order valence-electron chi connectivity index (χ4n) is 0.619. The second kappa shape index (κ2) is 4.24. The van der Waals surface area contributed by atoms with Crippen LogP contribution in [0.15, 0.2) is 24.3 Å². The van der Waals surface area contributed by atoms with Crippen LogP contribution in [-0.4, -0.2) is 10.0 Å². The molecular formula is C6H5NO3Zr. The Morgan fingerprint density at radius 2 is 1.91 bits per heavy atom. The Balaban J connectivity index is 0.000001000. The van der Waals surface area contributed by atoms with Crippen LogP contribution < -0.4 is 0 Å². The van der Waals surface area contributed by atoms with Gasteiger partial charge in [-0.3, -0.25) is 10.1 Å². The van der Waals surface area contributed by atoms with Gasteiger partial charge in [-0.05, 0) is 6.07 Å². The van der Waals surface area contributed by atoms with Crippen LogP contribution in [-0.2, 0) is 26.2 Å². The van der Waals surface area contributed by atoms with Crippen molar-refractivity contribution in [3.8, 4) is 5.75 Å². The average molecular weight is 230 g/mol. The van der Waals surface area contributed by atoms with Gasteiger partial charge in [0, 0.05) is 32.3 Å². The minimum atomic E-state index is -0.630. The third kappa shape index (κ3) is 2.43. The van der Waals surface area contributed by atoms with Gasteiger partial charge in [-0.15, -0.1) is 0 Å². The maximum absolute atomic E-state index is 10.1. The Hall–Kier alpha value is -0.697.